The second-order valence-corrected chi connectivity index (χ2v) is 7.49. The zero-order valence-corrected chi connectivity index (χ0v) is 14.1. The summed E-state index contributed by atoms with van der Waals surface area (Å²) < 4.78 is 28.4. The summed E-state index contributed by atoms with van der Waals surface area (Å²) >= 11 is 0. The monoisotopic (exact) mass is 346 g/mol. The molecule has 0 radical (unpaired) electrons. The van der Waals surface area contributed by atoms with E-state index < -0.39 is 15.8 Å². The quantitative estimate of drug-likeness (QED) is 0.568. The van der Waals surface area contributed by atoms with Crippen molar-refractivity contribution in [2.75, 3.05) is 12.9 Å². The summed E-state index contributed by atoms with van der Waals surface area (Å²) in [6.07, 6.45) is -0.163. The van der Waals surface area contributed by atoms with Crippen LogP contribution in [0.2, 0.25) is 0 Å². The van der Waals surface area contributed by atoms with Crippen molar-refractivity contribution in [2.24, 2.45) is 0 Å². The van der Waals surface area contributed by atoms with Crippen LogP contribution in [0, 0.1) is 0 Å². The molecule has 0 N–H and O–H groups in total. The van der Waals surface area contributed by atoms with Crippen LogP contribution in [0.15, 0.2) is 54.6 Å². The zero-order chi connectivity index (χ0) is 17.6. The predicted molar refractivity (Wildman–Crippen MR) is 90.4 cm³/mol. The van der Waals surface area contributed by atoms with Crippen molar-refractivity contribution in [3.63, 3.8) is 0 Å². The molecule has 0 heterocycles. The van der Waals surface area contributed by atoms with E-state index in [1.807, 2.05) is 6.07 Å². The number of hydrogen-bond donors (Lipinski definition) is 0. The molecule has 126 valence electrons. The standard InChI is InChI=1S/C18H18O5S/c1-23-17(19)11-12-24(21,22)13-14-7-9-16(10-8-14)18(20)15-5-3-2-4-6-15/h2-10H,11-13H2,1H3. The third kappa shape index (κ3) is 5.03. The molecule has 0 atom stereocenters. The van der Waals surface area contributed by atoms with E-state index in [1.54, 1.807) is 48.5 Å². The molecular formula is C18H18O5S. The van der Waals surface area contributed by atoms with Crippen LogP contribution in [0.5, 0.6) is 0 Å². The van der Waals surface area contributed by atoms with Crippen LogP contribution in [0.3, 0.4) is 0 Å². The maximum absolute atomic E-state index is 12.3. The first-order valence-corrected chi connectivity index (χ1v) is 9.19. The summed E-state index contributed by atoms with van der Waals surface area (Å²) in [6, 6.07) is 15.3. The fourth-order valence-corrected chi connectivity index (χ4v) is 3.50. The van der Waals surface area contributed by atoms with Crippen molar-refractivity contribution in [3.8, 4) is 0 Å². The molecule has 0 bridgehead atoms. The summed E-state index contributed by atoms with van der Waals surface area (Å²) in [6.45, 7) is 0. The number of esters is 1. The molecule has 0 aliphatic heterocycles. The third-order valence-corrected chi connectivity index (χ3v) is 5.08. The van der Waals surface area contributed by atoms with E-state index in [9.17, 15) is 18.0 Å². The summed E-state index contributed by atoms with van der Waals surface area (Å²) in [5.41, 5.74) is 1.65. The van der Waals surface area contributed by atoms with Gasteiger partial charge in [0.25, 0.3) is 0 Å². The topological polar surface area (TPSA) is 77.5 Å². The Morgan fingerprint density at radius 1 is 0.917 bits per heavy atom. The van der Waals surface area contributed by atoms with Crippen molar-refractivity contribution < 1.29 is 22.7 Å². The molecule has 2 aromatic carbocycles. The lowest BCUT2D eigenvalue weighted by Crippen LogP contribution is -2.14. The number of carbonyl (C=O) groups excluding carboxylic acids is 2. The molecule has 0 fully saturated rings. The molecule has 2 rings (SSSR count). The van der Waals surface area contributed by atoms with Gasteiger partial charge in [0, 0.05) is 11.1 Å². The van der Waals surface area contributed by atoms with Crippen LogP contribution in [0.4, 0.5) is 0 Å². The lowest BCUT2D eigenvalue weighted by Gasteiger charge is -2.06. The Bertz CT molecular complexity index is 808. The zero-order valence-electron chi connectivity index (χ0n) is 13.3. The highest BCUT2D eigenvalue weighted by atomic mass is 32.2. The average Bonchev–Trinajstić information content (AvgIpc) is 2.60. The molecular weight excluding hydrogens is 328 g/mol. The van der Waals surface area contributed by atoms with Crippen LogP contribution in [-0.2, 0) is 25.1 Å². The fourth-order valence-electron chi connectivity index (χ4n) is 2.18. The second kappa shape index (κ2) is 7.88. The van der Waals surface area contributed by atoms with E-state index in [-0.39, 0.29) is 23.7 Å². The highest BCUT2D eigenvalue weighted by Gasteiger charge is 2.15. The minimum atomic E-state index is -3.41. The van der Waals surface area contributed by atoms with Gasteiger partial charge in [-0.15, -0.1) is 0 Å². The largest absolute Gasteiger partial charge is 0.469 e. The first-order valence-electron chi connectivity index (χ1n) is 7.37. The Labute approximate surface area is 141 Å². The smallest absolute Gasteiger partial charge is 0.306 e. The molecule has 0 aliphatic rings. The number of rotatable bonds is 7. The lowest BCUT2D eigenvalue weighted by molar-refractivity contribution is -0.140. The summed E-state index contributed by atoms with van der Waals surface area (Å²) in [5, 5.41) is 0. The van der Waals surface area contributed by atoms with Crippen molar-refractivity contribution in [1.82, 2.24) is 0 Å². The number of sulfone groups is 1. The number of carbonyl (C=O) groups is 2. The number of hydrogen-bond acceptors (Lipinski definition) is 5. The number of methoxy groups -OCH3 is 1. The molecule has 24 heavy (non-hydrogen) atoms. The summed E-state index contributed by atoms with van der Waals surface area (Å²) in [4.78, 5) is 23.3. The van der Waals surface area contributed by atoms with E-state index in [0.29, 0.717) is 16.7 Å². The maximum Gasteiger partial charge on any atom is 0.306 e. The van der Waals surface area contributed by atoms with Crippen LogP contribution < -0.4 is 0 Å². The Balaban J connectivity index is 2.04. The SMILES string of the molecule is COC(=O)CCS(=O)(=O)Cc1ccc(C(=O)c2ccccc2)cc1. The van der Waals surface area contributed by atoms with Gasteiger partial charge in [-0.25, -0.2) is 8.42 Å². The van der Waals surface area contributed by atoms with Gasteiger partial charge in [-0.1, -0.05) is 54.6 Å². The Hall–Kier alpha value is -2.47. The highest BCUT2D eigenvalue weighted by molar-refractivity contribution is 7.90. The minimum absolute atomic E-state index is 0.115. The van der Waals surface area contributed by atoms with Crippen LogP contribution in [-0.4, -0.2) is 33.0 Å². The Kier molecular flexibility index (Phi) is 5.87. The van der Waals surface area contributed by atoms with Crippen molar-refractivity contribution in [2.45, 2.75) is 12.2 Å². The van der Waals surface area contributed by atoms with Gasteiger partial charge in [-0.05, 0) is 5.56 Å². The fraction of sp³-hybridized carbons (Fsp3) is 0.222. The van der Waals surface area contributed by atoms with Gasteiger partial charge in [0.15, 0.2) is 15.6 Å². The lowest BCUT2D eigenvalue weighted by atomic mass is 10.0. The Morgan fingerprint density at radius 2 is 1.50 bits per heavy atom. The molecule has 2 aromatic rings. The second-order valence-electron chi connectivity index (χ2n) is 5.31. The molecule has 0 spiro atoms. The normalized spacial score (nSPS) is 11.0. The molecule has 6 heteroatoms. The first kappa shape index (κ1) is 17.9. The molecule has 0 saturated carbocycles. The Morgan fingerprint density at radius 3 is 2.08 bits per heavy atom. The van der Waals surface area contributed by atoms with Crippen LogP contribution in [0.1, 0.15) is 27.9 Å². The average molecular weight is 346 g/mol. The third-order valence-electron chi connectivity index (χ3n) is 3.48. The van der Waals surface area contributed by atoms with E-state index in [1.165, 1.54) is 7.11 Å². The van der Waals surface area contributed by atoms with E-state index >= 15 is 0 Å². The number of ketones is 1. The molecule has 0 aliphatic carbocycles. The molecule has 0 saturated heterocycles. The van der Waals surface area contributed by atoms with Crippen molar-refractivity contribution >= 4 is 21.6 Å². The van der Waals surface area contributed by atoms with Crippen molar-refractivity contribution in [1.29, 1.82) is 0 Å². The highest BCUT2D eigenvalue weighted by Crippen LogP contribution is 2.13. The van der Waals surface area contributed by atoms with Gasteiger partial charge in [-0.3, -0.25) is 9.59 Å². The number of ether oxygens (including phenoxy) is 1. The molecule has 0 unspecified atom stereocenters. The van der Waals surface area contributed by atoms with Gasteiger partial charge in [-0.2, -0.15) is 0 Å². The molecule has 0 aromatic heterocycles. The molecule has 5 nitrogen and oxygen atoms in total. The van der Waals surface area contributed by atoms with E-state index in [4.69, 9.17) is 0 Å². The summed E-state index contributed by atoms with van der Waals surface area (Å²) in [7, 11) is -2.19. The minimum Gasteiger partial charge on any atom is -0.469 e. The first-order chi connectivity index (χ1) is 11.4. The maximum atomic E-state index is 12.3. The van der Waals surface area contributed by atoms with E-state index in [0.717, 1.165) is 0 Å². The van der Waals surface area contributed by atoms with Crippen LogP contribution >= 0.6 is 0 Å². The van der Waals surface area contributed by atoms with Crippen molar-refractivity contribution in [3.05, 3.63) is 71.3 Å². The van der Waals surface area contributed by atoms with Gasteiger partial charge in [0.2, 0.25) is 0 Å². The molecule has 0 amide bonds. The number of benzene rings is 2. The van der Waals surface area contributed by atoms with E-state index in [2.05, 4.69) is 4.74 Å². The summed E-state index contributed by atoms with van der Waals surface area (Å²) in [5.74, 6) is -1.10. The van der Waals surface area contributed by atoms with Gasteiger partial charge < -0.3 is 4.74 Å². The van der Waals surface area contributed by atoms with Gasteiger partial charge in [0.05, 0.1) is 25.0 Å². The van der Waals surface area contributed by atoms with Crippen LogP contribution in [0.25, 0.3) is 0 Å². The van der Waals surface area contributed by atoms with Gasteiger partial charge >= 0.3 is 5.97 Å². The van der Waals surface area contributed by atoms with Gasteiger partial charge in [0.1, 0.15) is 0 Å². The predicted octanol–water partition coefficient (Wildman–Crippen LogP) is 2.40.